The van der Waals surface area contributed by atoms with E-state index >= 15 is 0 Å². The summed E-state index contributed by atoms with van der Waals surface area (Å²) in [5.74, 6) is 0.800. The van der Waals surface area contributed by atoms with Gasteiger partial charge in [-0.3, -0.25) is 9.69 Å². The molecule has 5 heteroatoms. The minimum atomic E-state index is 0.0648. The number of hydrogen-bond donors (Lipinski definition) is 0. The van der Waals surface area contributed by atoms with Crippen LogP contribution in [0.4, 0.5) is 0 Å². The van der Waals surface area contributed by atoms with E-state index in [-0.39, 0.29) is 18.1 Å². The van der Waals surface area contributed by atoms with Crippen LogP contribution in [0.15, 0.2) is 24.3 Å². The molecule has 3 aliphatic rings. The van der Waals surface area contributed by atoms with Gasteiger partial charge in [-0.25, -0.2) is 0 Å². The van der Waals surface area contributed by atoms with E-state index in [9.17, 15) is 4.79 Å². The Labute approximate surface area is 143 Å². The number of hydrogen-bond acceptors (Lipinski definition) is 4. The molecule has 0 unspecified atom stereocenters. The van der Waals surface area contributed by atoms with Crippen molar-refractivity contribution in [1.82, 2.24) is 9.80 Å². The van der Waals surface area contributed by atoms with Gasteiger partial charge >= 0.3 is 0 Å². The highest BCUT2D eigenvalue weighted by Gasteiger charge is 2.41. The molecule has 0 N–H and O–H groups in total. The molecular formula is C19H26N2O3. The minimum Gasteiger partial charge on any atom is -0.490 e. The second-order valence-corrected chi connectivity index (χ2v) is 7.19. The van der Waals surface area contributed by atoms with Crippen LogP contribution in [-0.2, 0) is 4.74 Å². The normalized spacial score (nSPS) is 28.1. The molecule has 3 fully saturated rings. The summed E-state index contributed by atoms with van der Waals surface area (Å²) in [6.07, 6.45) is 5.02. The van der Waals surface area contributed by atoms with Crippen molar-refractivity contribution in [3.05, 3.63) is 29.8 Å². The van der Waals surface area contributed by atoms with Crippen LogP contribution in [0.1, 0.15) is 36.0 Å². The van der Waals surface area contributed by atoms with E-state index in [1.807, 2.05) is 29.2 Å². The number of ether oxygens (including phenoxy) is 2. The first kappa shape index (κ1) is 15.9. The molecule has 0 spiro atoms. The molecule has 2 saturated heterocycles. The lowest BCUT2D eigenvalue weighted by atomic mass is 10.1. The quantitative estimate of drug-likeness (QED) is 0.852. The van der Waals surface area contributed by atoms with Gasteiger partial charge in [-0.2, -0.15) is 0 Å². The van der Waals surface area contributed by atoms with Crippen LogP contribution in [-0.4, -0.2) is 67.2 Å². The summed E-state index contributed by atoms with van der Waals surface area (Å²) in [5, 5.41) is 0. The molecular weight excluding hydrogens is 304 g/mol. The molecule has 2 aliphatic heterocycles. The number of carbonyl (C=O) groups excluding carboxylic acids is 1. The van der Waals surface area contributed by atoms with E-state index in [1.54, 1.807) is 0 Å². The molecule has 2 atom stereocenters. The highest BCUT2D eigenvalue weighted by Crippen LogP contribution is 2.29. The third-order valence-electron chi connectivity index (χ3n) is 5.58. The summed E-state index contributed by atoms with van der Waals surface area (Å²) in [4.78, 5) is 17.3. The summed E-state index contributed by atoms with van der Waals surface area (Å²) < 4.78 is 12.0. The summed E-state index contributed by atoms with van der Waals surface area (Å²) in [6.45, 7) is 3.09. The first-order valence-electron chi connectivity index (χ1n) is 9.09. The molecule has 0 radical (unpaired) electrons. The van der Waals surface area contributed by atoms with Crippen molar-refractivity contribution in [2.24, 2.45) is 0 Å². The lowest BCUT2D eigenvalue weighted by molar-refractivity contribution is -0.0368. The topological polar surface area (TPSA) is 42.0 Å². The number of para-hydroxylation sites is 1. The van der Waals surface area contributed by atoms with E-state index in [0.717, 1.165) is 38.3 Å². The molecule has 2 heterocycles. The lowest BCUT2D eigenvalue weighted by Gasteiger charge is -2.33. The maximum Gasteiger partial charge on any atom is 0.257 e. The summed E-state index contributed by atoms with van der Waals surface area (Å²) >= 11 is 0. The van der Waals surface area contributed by atoms with Crippen LogP contribution >= 0.6 is 0 Å². The number of likely N-dealkylation sites (N-methyl/N-ethyl adjacent to an activating group) is 1. The predicted octanol–water partition coefficient (Wildman–Crippen LogP) is 2.16. The molecule has 1 saturated carbocycles. The standard InChI is InChI=1S/C19H26N2O3/c1-20-10-11-23-18-13-21(12-16(18)20)19(22)15-8-4-5-9-17(15)24-14-6-2-3-7-14/h4-5,8-9,14,16,18H,2-3,6-7,10-13H2,1H3/t16-,18+/m0/s1. The summed E-state index contributed by atoms with van der Waals surface area (Å²) in [7, 11) is 2.12. The van der Waals surface area contributed by atoms with Gasteiger partial charge in [0.05, 0.1) is 30.4 Å². The van der Waals surface area contributed by atoms with Crippen LogP contribution in [0.2, 0.25) is 0 Å². The monoisotopic (exact) mass is 330 g/mol. The zero-order chi connectivity index (χ0) is 16.5. The van der Waals surface area contributed by atoms with Crippen molar-refractivity contribution >= 4 is 5.91 Å². The van der Waals surface area contributed by atoms with E-state index in [0.29, 0.717) is 18.2 Å². The van der Waals surface area contributed by atoms with Crippen molar-refractivity contribution in [3.63, 3.8) is 0 Å². The van der Waals surface area contributed by atoms with Gasteiger partial charge in [0.2, 0.25) is 0 Å². The van der Waals surface area contributed by atoms with Crippen LogP contribution in [0.25, 0.3) is 0 Å². The van der Waals surface area contributed by atoms with Gasteiger partial charge in [0.25, 0.3) is 5.91 Å². The Bertz CT molecular complexity index is 600. The maximum atomic E-state index is 13.1. The van der Waals surface area contributed by atoms with Gasteiger partial charge in [0.15, 0.2) is 0 Å². The summed E-state index contributed by atoms with van der Waals surface area (Å²) in [6, 6.07) is 7.99. The summed E-state index contributed by atoms with van der Waals surface area (Å²) in [5.41, 5.74) is 0.686. The molecule has 1 amide bonds. The Morgan fingerprint density at radius 1 is 1.21 bits per heavy atom. The van der Waals surface area contributed by atoms with Gasteiger partial charge < -0.3 is 14.4 Å². The van der Waals surface area contributed by atoms with E-state index in [4.69, 9.17) is 9.47 Å². The van der Waals surface area contributed by atoms with Crippen LogP contribution in [0.5, 0.6) is 5.75 Å². The fraction of sp³-hybridized carbons (Fsp3) is 0.632. The molecule has 0 aromatic heterocycles. The van der Waals surface area contributed by atoms with Gasteiger partial charge in [-0.1, -0.05) is 12.1 Å². The third-order valence-corrected chi connectivity index (χ3v) is 5.58. The Kier molecular flexibility index (Phi) is 4.46. The molecule has 24 heavy (non-hydrogen) atoms. The van der Waals surface area contributed by atoms with Crippen LogP contribution < -0.4 is 4.74 Å². The molecule has 4 rings (SSSR count). The SMILES string of the molecule is CN1CCO[C@@H]2CN(C(=O)c3ccccc3OC3CCCC3)C[C@@H]21. The Morgan fingerprint density at radius 2 is 2.00 bits per heavy atom. The molecule has 1 aromatic rings. The second-order valence-electron chi connectivity index (χ2n) is 7.19. The maximum absolute atomic E-state index is 13.1. The average molecular weight is 330 g/mol. The predicted molar refractivity (Wildman–Crippen MR) is 91.4 cm³/mol. The van der Waals surface area contributed by atoms with E-state index in [1.165, 1.54) is 12.8 Å². The number of rotatable bonds is 3. The second kappa shape index (κ2) is 6.73. The number of morpholine rings is 1. The van der Waals surface area contributed by atoms with E-state index in [2.05, 4.69) is 11.9 Å². The molecule has 1 aromatic carbocycles. The average Bonchev–Trinajstić information content (AvgIpc) is 3.25. The van der Waals surface area contributed by atoms with Gasteiger partial charge in [-0.15, -0.1) is 0 Å². The molecule has 0 bridgehead atoms. The zero-order valence-corrected chi connectivity index (χ0v) is 14.3. The van der Waals surface area contributed by atoms with Crippen molar-refractivity contribution in [2.45, 2.75) is 43.9 Å². The Balaban J connectivity index is 1.50. The number of fused-ring (bicyclic) bond motifs is 1. The highest BCUT2D eigenvalue weighted by molar-refractivity contribution is 5.97. The lowest BCUT2D eigenvalue weighted by Crippen LogP contribution is -2.48. The van der Waals surface area contributed by atoms with Gasteiger partial charge in [0.1, 0.15) is 5.75 Å². The van der Waals surface area contributed by atoms with E-state index < -0.39 is 0 Å². The van der Waals surface area contributed by atoms with Gasteiger partial charge in [-0.05, 0) is 44.9 Å². The smallest absolute Gasteiger partial charge is 0.257 e. The molecule has 1 aliphatic carbocycles. The largest absolute Gasteiger partial charge is 0.490 e. The first-order valence-corrected chi connectivity index (χ1v) is 9.09. The van der Waals surface area contributed by atoms with Crippen molar-refractivity contribution in [1.29, 1.82) is 0 Å². The third kappa shape index (κ3) is 3.03. The number of benzene rings is 1. The first-order chi connectivity index (χ1) is 11.7. The number of amides is 1. The molecule has 130 valence electrons. The number of likely N-dealkylation sites (tertiary alicyclic amines) is 1. The van der Waals surface area contributed by atoms with Gasteiger partial charge in [0, 0.05) is 19.6 Å². The number of nitrogens with zero attached hydrogens (tertiary/aromatic N) is 2. The fourth-order valence-corrected chi connectivity index (χ4v) is 4.13. The van der Waals surface area contributed by atoms with Crippen molar-refractivity contribution < 1.29 is 14.3 Å². The highest BCUT2D eigenvalue weighted by atomic mass is 16.5. The van der Waals surface area contributed by atoms with Crippen LogP contribution in [0.3, 0.4) is 0 Å². The molecule has 5 nitrogen and oxygen atoms in total. The van der Waals surface area contributed by atoms with Crippen molar-refractivity contribution in [2.75, 3.05) is 33.3 Å². The van der Waals surface area contributed by atoms with Crippen LogP contribution in [0, 0.1) is 0 Å². The minimum absolute atomic E-state index is 0.0648. The Morgan fingerprint density at radius 3 is 2.79 bits per heavy atom. The zero-order valence-electron chi connectivity index (χ0n) is 14.3. The Hall–Kier alpha value is -1.59. The fourth-order valence-electron chi connectivity index (χ4n) is 4.13. The van der Waals surface area contributed by atoms with Crippen molar-refractivity contribution in [3.8, 4) is 5.75 Å². The number of carbonyl (C=O) groups is 1.